The summed E-state index contributed by atoms with van der Waals surface area (Å²) < 4.78 is 0. The van der Waals surface area contributed by atoms with E-state index >= 15 is 0 Å². The molecule has 1 aliphatic rings. The van der Waals surface area contributed by atoms with Gasteiger partial charge in [-0.05, 0) is 38.7 Å². The highest BCUT2D eigenvalue weighted by Gasteiger charge is 2.28. The largest absolute Gasteiger partial charge is 0.338 e. The highest BCUT2D eigenvalue weighted by molar-refractivity contribution is 5.79. The Morgan fingerprint density at radius 3 is 2.95 bits per heavy atom. The second-order valence-corrected chi connectivity index (χ2v) is 5.68. The summed E-state index contributed by atoms with van der Waals surface area (Å²) in [5, 5.41) is 0. The maximum atomic E-state index is 12.5. The molecule has 1 aliphatic heterocycles. The fourth-order valence-electron chi connectivity index (χ4n) is 2.91. The molecule has 1 saturated heterocycles. The van der Waals surface area contributed by atoms with Gasteiger partial charge in [-0.1, -0.05) is 29.8 Å². The van der Waals surface area contributed by atoms with Gasteiger partial charge in [0.15, 0.2) is 0 Å². The van der Waals surface area contributed by atoms with Gasteiger partial charge in [0.05, 0.1) is 6.42 Å². The van der Waals surface area contributed by atoms with Gasteiger partial charge in [-0.3, -0.25) is 4.79 Å². The first kappa shape index (κ1) is 14.1. The fraction of sp³-hybridized carbons (Fsp3) is 0.562. The van der Waals surface area contributed by atoms with E-state index in [0.717, 1.165) is 24.9 Å². The number of carbonyl (C=O) groups excluding carboxylic acids is 1. The Hall–Kier alpha value is -1.35. The van der Waals surface area contributed by atoms with Gasteiger partial charge < -0.3 is 10.6 Å². The van der Waals surface area contributed by atoms with Crippen molar-refractivity contribution < 1.29 is 4.79 Å². The number of amides is 1. The van der Waals surface area contributed by atoms with E-state index in [0.29, 0.717) is 6.42 Å². The molecule has 3 nitrogen and oxygen atoms in total. The molecule has 0 saturated carbocycles. The molecule has 1 heterocycles. The molecule has 0 bridgehead atoms. The lowest BCUT2D eigenvalue weighted by atomic mass is 9.96. The minimum absolute atomic E-state index is 0.0572. The predicted molar refractivity (Wildman–Crippen MR) is 77.9 cm³/mol. The number of benzene rings is 1. The van der Waals surface area contributed by atoms with Crippen LogP contribution in [0.3, 0.4) is 0 Å². The topological polar surface area (TPSA) is 46.3 Å². The molecule has 0 spiro atoms. The zero-order chi connectivity index (χ0) is 13.8. The molecule has 0 unspecified atom stereocenters. The number of likely N-dealkylation sites (tertiary alicyclic amines) is 1. The average molecular weight is 260 g/mol. The van der Waals surface area contributed by atoms with E-state index in [-0.39, 0.29) is 18.0 Å². The van der Waals surface area contributed by atoms with Crippen molar-refractivity contribution in [3.8, 4) is 0 Å². The van der Waals surface area contributed by atoms with Crippen LogP contribution in [0, 0.1) is 6.92 Å². The summed E-state index contributed by atoms with van der Waals surface area (Å²) in [5.41, 5.74) is 8.32. The lowest BCUT2D eigenvalue weighted by Crippen LogP contribution is -2.52. The third-order valence-electron chi connectivity index (χ3n) is 3.91. The van der Waals surface area contributed by atoms with Crippen LogP contribution in [0.4, 0.5) is 0 Å². The quantitative estimate of drug-likeness (QED) is 0.906. The Morgan fingerprint density at radius 2 is 2.26 bits per heavy atom. The van der Waals surface area contributed by atoms with Crippen LogP contribution in [-0.2, 0) is 11.2 Å². The second kappa shape index (κ2) is 6.20. The van der Waals surface area contributed by atoms with Crippen LogP contribution in [0.25, 0.3) is 0 Å². The molecule has 2 rings (SSSR count). The third kappa shape index (κ3) is 3.57. The highest BCUT2D eigenvalue weighted by Crippen LogP contribution is 2.20. The van der Waals surface area contributed by atoms with Crippen molar-refractivity contribution in [1.29, 1.82) is 0 Å². The molecule has 0 aliphatic carbocycles. The summed E-state index contributed by atoms with van der Waals surface area (Å²) in [6.45, 7) is 4.92. The Balaban J connectivity index is 2.05. The Labute approximate surface area is 115 Å². The molecular weight excluding hydrogens is 236 g/mol. The van der Waals surface area contributed by atoms with Gasteiger partial charge in [-0.15, -0.1) is 0 Å². The lowest BCUT2D eigenvalue weighted by molar-refractivity contribution is -0.134. The van der Waals surface area contributed by atoms with Gasteiger partial charge in [0.1, 0.15) is 0 Å². The first-order valence-electron chi connectivity index (χ1n) is 7.18. The molecular formula is C16H24N2O. The first-order valence-corrected chi connectivity index (χ1v) is 7.18. The van der Waals surface area contributed by atoms with Crippen LogP contribution < -0.4 is 5.73 Å². The maximum absolute atomic E-state index is 12.5. The average Bonchev–Trinajstić information content (AvgIpc) is 2.38. The van der Waals surface area contributed by atoms with Crippen LogP contribution in [0.2, 0.25) is 0 Å². The molecule has 1 fully saturated rings. The molecule has 0 aromatic heterocycles. The van der Waals surface area contributed by atoms with Crippen molar-refractivity contribution in [1.82, 2.24) is 4.90 Å². The van der Waals surface area contributed by atoms with E-state index < -0.39 is 0 Å². The summed E-state index contributed by atoms with van der Waals surface area (Å²) in [6, 6.07) is 8.45. The van der Waals surface area contributed by atoms with Gasteiger partial charge in [0.2, 0.25) is 5.91 Å². The van der Waals surface area contributed by atoms with E-state index in [4.69, 9.17) is 5.73 Å². The number of nitrogens with zero attached hydrogens (tertiary/aromatic N) is 1. The number of rotatable bonds is 3. The summed E-state index contributed by atoms with van der Waals surface area (Å²) in [5.74, 6) is 0.215. The zero-order valence-corrected chi connectivity index (χ0v) is 11.9. The smallest absolute Gasteiger partial charge is 0.227 e. The summed E-state index contributed by atoms with van der Waals surface area (Å²) >= 11 is 0. The minimum Gasteiger partial charge on any atom is -0.338 e. The minimum atomic E-state index is 0.0572. The van der Waals surface area contributed by atoms with Gasteiger partial charge in [0.25, 0.3) is 0 Å². The molecule has 0 radical (unpaired) electrons. The Kier molecular flexibility index (Phi) is 4.59. The van der Waals surface area contributed by atoms with E-state index in [1.165, 1.54) is 12.0 Å². The fourth-order valence-corrected chi connectivity index (χ4v) is 2.91. The van der Waals surface area contributed by atoms with Crippen molar-refractivity contribution in [2.75, 3.05) is 6.54 Å². The van der Waals surface area contributed by atoms with Gasteiger partial charge in [-0.2, -0.15) is 0 Å². The van der Waals surface area contributed by atoms with Crippen molar-refractivity contribution in [2.45, 2.75) is 51.6 Å². The second-order valence-electron chi connectivity index (χ2n) is 5.68. The number of aryl methyl sites for hydroxylation is 1. The van der Waals surface area contributed by atoms with Crippen LogP contribution >= 0.6 is 0 Å². The highest BCUT2D eigenvalue weighted by atomic mass is 16.2. The Bertz CT molecular complexity index is 442. The predicted octanol–water partition coefficient (Wildman–Crippen LogP) is 2.27. The van der Waals surface area contributed by atoms with Crippen molar-refractivity contribution in [2.24, 2.45) is 5.73 Å². The molecule has 2 N–H and O–H groups in total. The number of hydrogen-bond acceptors (Lipinski definition) is 2. The molecule has 1 aromatic carbocycles. The molecule has 3 heteroatoms. The number of carbonyl (C=O) groups is 1. The van der Waals surface area contributed by atoms with Crippen molar-refractivity contribution >= 4 is 5.91 Å². The normalized spacial score (nSPS) is 21.2. The van der Waals surface area contributed by atoms with Gasteiger partial charge in [0, 0.05) is 18.6 Å². The Morgan fingerprint density at radius 1 is 1.47 bits per heavy atom. The third-order valence-corrected chi connectivity index (χ3v) is 3.91. The SMILES string of the molecule is Cc1cccc(CC(=O)N2CCCC[C@H]2[C@@H](C)N)c1. The van der Waals surface area contributed by atoms with E-state index in [9.17, 15) is 4.79 Å². The van der Waals surface area contributed by atoms with Crippen molar-refractivity contribution in [3.05, 3.63) is 35.4 Å². The van der Waals surface area contributed by atoms with Crippen LogP contribution in [0.5, 0.6) is 0 Å². The van der Waals surface area contributed by atoms with E-state index in [2.05, 4.69) is 19.1 Å². The number of piperidine rings is 1. The standard InChI is InChI=1S/C16H24N2O/c1-12-6-5-7-14(10-12)11-16(19)18-9-4-3-8-15(18)13(2)17/h5-7,10,13,15H,3-4,8-9,11,17H2,1-2H3/t13-,15+/m1/s1. The van der Waals surface area contributed by atoms with Crippen LogP contribution in [0.15, 0.2) is 24.3 Å². The molecule has 1 amide bonds. The van der Waals surface area contributed by atoms with Gasteiger partial charge >= 0.3 is 0 Å². The van der Waals surface area contributed by atoms with E-state index in [1.54, 1.807) is 0 Å². The first-order chi connectivity index (χ1) is 9.08. The van der Waals surface area contributed by atoms with Crippen LogP contribution in [0.1, 0.15) is 37.3 Å². The molecule has 104 valence electrons. The molecule has 1 aromatic rings. The van der Waals surface area contributed by atoms with Crippen LogP contribution in [-0.4, -0.2) is 29.4 Å². The lowest BCUT2D eigenvalue weighted by Gasteiger charge is -2.38. The van der Waals surface area contributed by atoms with Crippen molar-refractivity contribution in [3.63, 3.8) is 0 Å². The summed E-state index contributed by atoms with van der Waals surface area (Å²) in [4.78, 5) is 14.5. The van der Waals surface area contributed by atoms with Gasteiger partial charge in [-0.25, -0.2) is 0 Å². The molecule has 19 heavy (non-hydrogen) atoms. The van der Waals surface area contributed by atoms with E-state index in [1.807, 2.05) is 24.0 Å². The number of hydrogen-bond donors (Lipinski definition) is 1. The number of nitrogens with two attached hydrogens (primary N) is 1. The summed E-state index contributed by atoms with van der Waals surface area (Å²) in [6.07, 6.45) is 3.81. The maximum Gasteiger partial charge on any atom is 0.227 e. The molecule has 2 atom stereocenters. The zero-order valence-electron chi connectivity index (χ0n) is 11.9. The monoisotopic (exact) mass is 260 g/mol. The summed E-state index contributed by atoms with van der Waals surface area (Å²) in [7, 11) is 0.